The first-order valence-electron chi connectivity index (χ1n) is 19.9. The Morgan fingerprint density at radius 3 is 1.84 bits per heavy atom. The third-order valence-corrected chi connectivity index (χ3v) is 9.97. The van der Waals surface area contributed by atoms with E-state index in [9.17, 15) is 9.18 Å². The number of fused-ring (bicyclic) bond motifs is 2. The van der Waals surface area contributed by atoms with Crippen LogP contribution in [0, 0.1) is 0 Å². The van der Waals surface area contributed by atoms with Crippen LogP contribution >= 0.6 is 96.5 Å². The molecule has 5 aromatic rings. The number of alkyl halides is 5. The molecule has 337 valence electrons. The molecule has 14 nitrogen and oxygen atoms in total. The average molecular weight is 1120 g/mol. The van der Waals surface area contributed by atoms with Crippen molar-refractivity contribution in [1.29, 1.82) is 0 Å². The fourth-order valence-corrected chi connectivity index (χ4v) is 6.71. The molecule has 0 aliphatic carbocycles. The quantitative estimate of drug-likeness (QED) is 0.0711. The molecule has 0 spiro atoms. The van der Waals surface area contributed by atoms with Gasteiger partial charge in [-0.15, -0.1) is 17.0 Å². The van der Waals surface area contributed by atoms with Gasteiger partial charge in [0, 0.05) is 81.8 Å². The minimum absolute atomic E-state index is 0. The normalized spacial score (nSPS) is 13.2. The summed E-state index contributed by atoms with van der Waals surface area (Å²) < 4.78 is 28.7. The van der Waals surface area contributed by atoms with E-state index in [1.165, 1.54) is 24.5 Å². The standard InChI is InChI=1S/C12H15BrN4.C12H16N4.C8H11BrN2O.C4H8N2.CHCl3.CH3F.BHNS.BrH/c1-8(2)17-7-5-9(15-17)11-12(13)16-6-3-4-10(16)14-11;1-9(2)16-7-5-10(14-16)11-8-15-6-3-4-12(15)13-11;1-6(2)11-4-3-7(10-11)8(12)5-9;5-4-2-1-3-6-4;2-1(3)4;1-2;1-2-3;/h5,7-8H,3-4,6H2,1-2H3;5,7-9H,3-4,6H2,1-2H3;3-4,6H,5H2,1-2H3;1-3H2,(H2,5,6);1H;1H3;3H;1H/i;;;;;1D;;. The molecule has 0 aromatic carbocycles. The number of aliphatic imine (C=N–C) groups is 1. The number of aromatic nitrogens is 10. The predicted octanol–water partition coefficient (Wildman–Crippen LogP) is 10.8. The Balaban J connectivity index is 0.000000397. The van der Waals surface area contributed by atoms with Crippen LogP contribution in [0.4, 0.5) is 4.39 Å². The summed E-state index contributed by atoms with van der Waals surface area (Å²) in [6.45, 7) is 15.7. The van der Waals surface area contributed by atoms with Crippen molar-refractivity contribution >= 4 is 116 Å². The molecule has 8 heterocycles. The van der Waals surface area contributed by atoms with E-state index in [1.807, 2.05) is 53.9 Å². The van der Waals surface area contributed by atoms with Crippen LogP contribution in [0.2, 0.25) is 0 Å². The van der Waals surface area contributed by atoms with E-state index >= 15 is 0 Å². The molecule has 0 atom stereocenters. The maximum absolute atomic E-state index is 11.1. The van der Waals surface area contributed by atoms with Crippen LogP contribution in [0.5, 0.6) is 0 Å². The zero-order valence-corrected chi connectivity index (χ0v) is 43.2. The third-order valence-electron chi connectivity index (χ3n) is 8.66. The summed E-state index contributed by atoms with van der Waals surface area (Å²) in [5.41, 5.74) is 9.73. The summed E-state index contributed by atoms with van der Waals surface area (Å²) in [4.78, 5) is 24.4. The van der Waals surface area contributed by atoms with Crippen LogP contribution in [0.25, 0.3) is 22.8 Å². The number of rotatable bonds is 7. The second-order valence-corrected chi connectivity index (χ2v) is 17.5. The molecular formula is C38H56BBr3Cl3FN13OS. The van der Waals surface area contributed by atoms with Gasteiger partial charge in [0.2, 0.25) is 0 Å². The summed E-state index contributed by atoms with van der Waals surface area (Å²) in [7, 11) is 3.34. The molecular weight excluding hydrogens is 1060 g/mol. The summed E-state index contributed by atoms with van der Waals surface area (Å²) in [5, 5.41) is 13.6. The van der Waals surface area contributed by atoms with Crippen LogP contribution in [-0.4, -0.2) is 91.0 Å². The molecule has 61 heavy (non-hydrogen) atoms. The molecule has 3 aliphatic rings. The number of hydrogen-bond donors (Lipinski definition) is 2. The van der Waals surface area contributed by atoms with E-state index in [-0.39, 0.29) is 22.8 Å². The van der Waals surface area contributed by atoms with E-state index in [2.05, 4.69) is 130 Å². The number of aryl methyl sites for hydroxylation is 3. The number of hydrogen-bond acceptors (Lipinski definition) is 10. The van der Waals surface area contributed by atoms with E-state index in [0.29, 0.717) is 29.1 Å². The molecule has 0 unspecified atom stereocenters. The topological polar surface area (TPSA) is 157 Å². The van der Waals surface area contributed by atoms with Crippen LogP contribution in [-0.2, 0) is 25.9 Å². The van der Waals surface area contributed by atoms with Crippen LogP contribution in [0.1, 0.15) is 109 Å². The second kappa shape index (κ2) is 29.9. The van der Waals surface area contributed by atoms with Gasteiger partial charge in [-0.1, -0.05) is 50.7 Å². The first kappa shape index (κ1) is 54.8. The molecule has 0 saturated heterocycles. The second-order valence-electron chi connectivity index (χ2n) is 14.0. The SMILES string of the molecule is Br.CC(C)n1ccc(-c2cn3c(n2)CCC3)n1.CC(C)n1ccc(-c2nc3n(c2Br)CCC3)n1.CC(C)n1ccc(C(=O)CBr)n1.ClC(Cl)Cl.NC1=NCCC1.[2H]CF.[B]=NS. The number of thiol groups is 1. The van der Waals surface area contributed by atoms with Gasteiger partial charge in [0.1, 0.15) is 44.7 Å². The van der Waals surface area contributed by atoms with Crippen molar-refractivity contribution in [2.45, 2.75) is 116 Å². The van der Waals surface area contributed by atoms with Crippen molar-refractivity contribution in [2.24, 2.45) is 15.0 Å². The zero-order valence-electron chi connectivity index (χ0n) is 36.2. The van der Waals surface area contributed by atoms with Crippen LogP contribution in [0.3, 0.4) is 0 Å². The number of nitrogens with zero attached hydrogens (tertiary/aromatic N) is 12. The fourth-order valence-electron chi connectivity index (χ4n) is 5.75. The molecule has 8 rings (SSSR count). The van der Waals surface area contributed by atoms with E-state index in [0.717, 1.165) is 78.5 Å². The summed E-state index contributed by atoms with van der Waals surface area (Å²) in [6.07, 6.45) is 14.7. The molecule has 1 radical (unpaired) electrons. The Morgan fingerprint density at radius 1 is 0.885 bits per heavy atom. The number of nitrogens with two attached hydrogens (primary N) is 1. The monoisotopic (exact) mass is 1120 g/mol. The number of ketones is 1. The average Bonchev–Trinajstić information content (AvgIpc) is 4.04. The van der Waals surface area contributed by atoms with Crippen molar-refractivity contribution < 1.29 is 10.6 Å². The van der Waals surface area contributed by atoms with Gasteiger partial charge in [0.25, 0.3) is 0 Å². The Hall–Kier alpha value is -2.36. The first-order valence-corrected chi connectivity index (χ1v) is 22.8. The number of imidazole rings is 2. The number of carbonyl (C=O) groups excluding carboxylic acids is 1. The van der Waals surface area contributed by atoms with E-state index in [4.69, 9.17) is 41.9 Å². The molecule has 0 saturated carbocycles. The van der Waals surface area contributed by atoms with Gasteiger partial charge in [-0.3, -0.25) is 28.2 Å². The molecule has 5 aromatic heterocycles. The Labute approximate surface area is 409 Å². The Kier molecular flexibility index (Phi) is 26.9. The number of carbonyl (C=O) groups is 1. The molecule has 2 N–H and O–H groups in total. The van der Waals surface area contributed by atoms with Gasteiger partial charge in [-0.25, -0.2) is 9.97 Å². The molecule has 3 aliphatic heterocycles. The summed E-state index contributed by atoms with van der Waals surface area (Å²) >= 11 is 24.3. The minimum atomic E-state index is -1.00. The molecule has 0 bridgehead atoms. The van der Waals surface area contributed by atoms with Gasteiger partial charge in [0.05, 0.1) is 19.7 Å². The van der Waals surface area contributed by atoms with Crippen molar-refractivity contribution in [3.8, 4) is 22.8 Å². The fraction of sp³-hybridized carbons (Fsp3) is 0.553. The first-order chi connectivity index (χ1) is 29.0. The summed E-state index contributed by atoms with van der Waals surface area (Å²) in [5.74, 6) is 3.23. The third kappa shape index (κ3) is 18.7. The van der Waals surface area contributed by atoms with Crippen molar-refractivity contribution in [3.05, 3.63) is 64.9 Å². The molecule has 0 amide bonds. The molecule has 0 fully saturated rings. The molecule has 23 heteroatoms. The number of Topliss-reactive ketones (excluding diaryl/α,β-unsaturated/α-hetero) is 1. The Morgan fingerprint density at radius 2 is 1.39 bits per heavy atom. The van der Waals surface area contributed by atoms with Crippen molar-refractivity contribution in [3.63, 3.8) is 0 Å². The van der Waals surface area contributed by atoms with E-state index < -0.39 is 11.4 Å². The summed E-state index contributed by atoms with van der Waals surface area (Å²) in [6, 6.07) is 6.91. The van der Waals surface area contributed by atoms with Gasteiger partial charge >= 0.3 is 24.8 Å². The van der Waals surface area contributed by atoms with E-state index in [1.54, 1.807) is 10.7 Å². The van der Waals surface area contributed by atoms with Gasteiger partial charge in [0.15, 0.2) is 10.1 Å². The van der Waals surface area contributed by atoms with Gasteiger partial charge < -0.3 is 14.9 Å². The number of halogens is 7. The van der Waals surface area contributed by atoms with Crippen LogP contribution in [0.15, 0.2) is 56.9 Å². The predicted molar refractivity (Wildman–Crippen MR) is 264 cm³/mol. The van der Waals surface area contributed by atoms with Crippen molar-refractivity contribution in [2.75, 3.05) is 19.0 Å². The van der Waals surface area contributed by atoms with Crippen molar-refractivity contribution in [1.82, 2.24) is 48.4 Å². The Bertz CT molecular complexity index is 2070. The van der Waals surface area contributed by atoms with Crippen LogP contribution < -0.4 is 5.73 Å². The number of amidine groups is 1. The zero-order chi connectivity index (χ0) is 45.6. The van der Waals surface area contributed by atoms with Gasteiger partial charge in [-0.2, -0.15) is 15.3 Å². The van der Waals surface area contributed by atoms with Gasteiger partial charge in [-0.05, 0) is 94.9 Å². The maximum atomic E-state index is 11.1.